The first-order valence-corrected chi connectivity index (χ1v) is 10.7. The van der Waals surface area contributed by atoms with E-state index in [0.29, 0.717) is 0 Å². The van der Waals surface area contributed by atoms with Crippen molar-refractivity contribution < 1.29 is 0 Å². The Labute approximate surface area is 173 Å². The summed E-state index contributed by atoms with van der Waals surface area (Å²) in [6.45, 7) is 3.96. The van der Waals surface area contributed by atoms with Crippen LogP contribution in [0, 0.1) is 0 Å². The number of anilines is 1. The van der Waals surface area contributed by atoms with Crippen molar-refractivity contribution in [1.82, 2.24) is 35.5 Å². The first-order valence-electron chi connectivity index (χ1n) is 10.7. The van der Waals surface area contributed by atoms with Gasteiger partial charge in [0.2, 0.25) is 0 Å². The first kappa shape index (κ1) is 17.6. The molecule has 0 unspecified atom stereocenters. The van der Waals surface area contributed by atoms with Crippen molar-refractivity contribution in [2.45, 2.75) is 25.7 Å². The highest BCUT2D eigenvalue weighted by Gasteiger charge is 2.20. The van der Waals surface area contributed by atoms with Crippen molar-refractivity contribution in [2.75, 3.05) is 31.1 Å². The minimum absolute atomic E-state index is 0.763. The lowest BCUT2D eigenvalue weighted by molar-refractivity contribution is 0.574. The lowest BCUT2D eigenvalue weighted by atomic mass is 10.0. The molecule has 2 aliphatic heterocycles. The molecule has 8 heteroatoms. The van der Waals surface area contributed by atoms with Gasteiger partial charge in [-0.05, 0) is 49.9 Å². The molecule has 152 valence electrons. The van der Waals surface area contributed by atoms with E-state index in [9.17, 15) is 0 Å². The van der Waals surface area contributed by atoms with Gasteiger partial charge in [0, 0.05) is 31.2 Å². The Kier molecular flexibility index (Phi) is 4.23. The van der Waals surface area contributed by atoms with Crippen LogP contribution in [-0.2, 0) is 0 Å². The number of aromatic nitrogens is 6. The van der Waals surface area contributed by atoms with Gasteiger partial charge in [0.1, 0.15) is 11.2 Å². The van der Waals surface area contributed by atoms with Crippen LogP contribution in [0.3, 0.4) is 0 Å². The van der Waals surface area contributed by atoms with Gasteiger partial charge in [-0.2, -0.15) is 5.10 Å². The molecule has 1 saturated heterocycles. The molecule has 0 bridgehead atoms. The van der Waals surface area contributed by atoms with Crippen molar-refractivity contribution in [2.24, 2.45) is 0 Å². The van der Waals surface area contributed by atoms with E-state index in [1.165, 1.54) is 24.8 Å². The van der Waals surface area contributed by atoms with Crippen LogP contribution in [-0.4, -0.2) is 56.3 Å². The minimum Gasteiger partial charge on any atom is -0.355 e. The summed E-state index contributed by atoms with van der Waals surface area (Å²) in [5, 5.41) is 12.1. The number of hydrogen-bond acceptors (Lipinski definition) is 6. The molecule has 4 aromatic rings. The third-order valence-corrected chi connectivity index (χ3v) is 6.10. The zero-order valence-corrected chi connectivity index (χ0v) is 16.8. The maximum atomic E-state index is 4.94. The Balaban J connectivity index is 1.44. The number of aromatic amines is 2. The van der Waals surface area contributed by atoms with E-state index in [1.807, 2.05) is 18.5 Å². The number of H-pyrrole nitrogens is 2. The van der Waals surface area contributed by atoms with E-state index in [1.54, 1.807) is 0 Å². The average Bonchev–Trinajstić information content (AvgIpc) is 3.43. The molecule has 0 atom stereocenters. The summed E-state index contributed by atoms with van der Waals surface area (Å²) in [7, 11) is 0. The topological polar surface area (TPSA) is 98.4 Å². The zero-order chi connectivity index (χ0) is 19.9. The summed E-state index contributed by atoms with van der Waals surface area (Å²) in [5.74, 6) is 1.73. The van der Waals surface area contributed by atoms with E-state index in [0.717, 1.165) is 77.6 Å². The van der Waals surface area contributed by atoms with Crippen molar-refractivity contribution in [3.05, 3.63) is 36.3 Å². The standard InChI is InChI=1S/C22H24N8/c1-2-10-30(11-3-1)22-20-16(6-9-24-22)26-21(27-20)19-15-12-17(14-4-7-23-8-5-14)25-13-18(15)28-29-19/h4,6,9,12-13,23H,1-3,5,7-8,10-11H2,(H,26,27)(H,28,29). The van der Waals surface area contributed by atoms with Crippen molar-refractivity contribution in [3.8, 4) is 11.5 Å². The van der Waals surface area contributed by atoms with Gasteiger partial charge in [-0.3, -0.25) is 10.1 Å². The molecular formula is C22H24N8. The van der Waals surface area contributed by atoms with Crippen LogP contribution in [0.5, 0.6) is 0 Å². The van der Waals surface area contributed by atoms with Gasteiger partial charge in [-0.15, -0.1) is 0 Å². The van der Waals surface area contributed by atoms with E-state index < -0.39 is 0 Å². The quantitative estimate of drug-likeness (QED) is 0.488. The second kappa shape index (κ2) is 7.21. The molecule has 0 aromatic carbocycles. The van der Waals surface area contributed by atoms with Gasteiger partial charge in [-0.25, -0.2) is 9.97 Å². The molecule has 1 fully saturated rings. The van der Waals surface area contributed by atoms with Crippen LogP contribution >= 0.6 is 0 Å². The molecule has 0 amide bonds. The van der Waals surface area contributed by atoms with Crippen LogP contribution in [0.1, 0.15) is 31.4 Å². The van der Waals surface area contributed by atoms with E-state index in [2.05, 4.69) is 47.5 Å². The van der Waals surface area contributed by atoms with Crippen LogP contribution in [0.4, 0.5) is 5.82 Å². The van der Waals surface area contributed by atoms with E-state index in [-0.39, 0.29) is 0 Å². The second-order valence-corrected chi connectivity index (χ2v) is 8.03. The number of hydrogen-bond donors (Lipinski definition) is 3. The molecule has 0 radical (unpaired) electrons. The number of nitrogens with one attached hydrogen (secondary N) is 3. The molecule has 2 aliphatic rings. The Morgan fingerprint density at radius 3 is 2.83 bits per heavy atom. The Bertz CT molecular complexity index is 1240. The maximum absolute atomic E-state index is 4.94. The molecule has 6 heterocycles. The fourth-order valence-electron chi connectivity index (χ4n) is 4.50. The summed E-state index contributed by atoms with van der Waals surface area (Å²) in [6.07, 6.45) is 10.6. The molecule has 0 aliphatic carbocycles. The van der Waals surface area contributed by atoms with Crippen molar-refractivity contribution in [3.63, 3.8) is 0 Å². The van der Waals surface area contributed by atoms with Gasteiger partial charge >= 0.3 is 0 Å². The third-order valence-electron chi connectivity index (χ3n) is 6.10. The molecule has 0 saturated carbocycles. The van der Waals surface area contributed by atoms with Crippen LogP contribution < -0.4 is 10.2 Å². The van der Waals surface area contributed by atoms with Gasteiger partial charge in [0.25, 0.3) is 0 Å². The van der Waals surface area contributed by atoms with E-state index >= 15 is 0 Å². The van der Waals surface area contributed by atoms with Crippen LogP contribution in [0.2, 0.25) is 0 Å². The SMILES string of the molecule is C1=C(c2cc3c(-c4nc5c(N6CCCCC6)nccc5[nH]4)n[nH]c3cn2)CCNC1. The number of rotatable bonds is 3. The largest absolute Gasteiger partial charge is 0.355 e. The maximum Gasteiger partial charge on any atom is 0.159 e. The highest BCUT2D eigenvalue weighted by molar-refractivity contribution is 5.95. The average molecular weight is 400 g/mol. The third kappa shape index (κ3) is 2.95. The normalized spacial score (nSPS) is 17.6. The molecule has 8 nitrogen and oxygen atoms in total. The Morgan fingerprint density at radius 1 is 1.03 bits per heavy atom. The number of imidazole rings is 1. The Morgan fingerprint density at radius 2 is 1.97 bits per heavy atom. The predicted octanol–water partition coefficient (Wildman–Crippen LogP) is 3.26. The van der Waals surface area contributed by atoms with Gasteiger partial charge in [0.05, 0.1) is 22.9 Å². The van der Waals surface area contributed by atoms with Crippen molar-refractivity contribution in [1.29, 1.82) is 0 Å². The molecule has 6 rings (SSSR count). The highest BCUT2D eigenvalue weighted by Crippen LogP contribution is 2.31. The molecule has 0 spiro atoms. The predicted molar refractivity (Wildman–Crippen MR) is 118 cm³/mol. The number of nitrogens with zero attached hydrogens (tertiary/aromatic N) is 5. The van der Waals surface area contributed by atoms with Gasteiger partial charge < -0.3 is 15.2 Å². The lowest BCUT2D eigenvalue weighted by Crippen LogP contribution is -2.30. The molecule has 4 aromatic heterocycles. The molecule has 30 heavy (non-hydrogen) atoms. The summed E-state index contributed by atoms with van der Waals surface area (Å²) in [6, 6.07) is 4.11. The van der Waals surface area contributed by atoms with Crippen LogP contribution in [0.25, 0.3) is 39.0 Å². The summed E-state index contributed by atoms with van der Waals surface area (Å²) >= 11 is 0. The minimum atomic E-state index is 0.763. The highest BCUT2D eigenvalue weighted by atomic mass is 15.2. The number of fused-ring (bicyclic) bond motifs is 2. The smallest absolute Gasteiger partial charge is 0.159 e. The fraction of sp³-hybridized carbons (Fsp3) is 0.364. The number of piperidine rings is 1. The Hall–Kier alpha value is -3.26. The molecule has 3 N–H and O–H groups in total. The van der Waals surface area contributed by atoms with Gasteiger partial charge in [0.15, 0.2) is 11.6 Å². The van der Waals surface area contributed by atoms with Gasteiger partial charge in [-0.1, -0.05) is 6.08 Å². The second-order valence-electron chi connectivity index (χ2n) is 8.03. The number of pyridine rings is 2. The van der Waals surface area contributed by atoms with Crippen LogP contribution in [0.15, 0.2) is 30.6 Å². The summed E-state index contributed by atoms with van der Waals surface area (Å²) < 4.78 is 0. The van der Waals surface area contributed by atoms with E-state index in [4.69, 9.17) is 4.98 Å². The summed E-state index contributed by atoms with van der Waals surface area (Å²) in [5.41, 5.74) is 5.94. The zero-order valence-electron chi connectivity index (χ0n) is 16.8. The first-order chi connectivity index (χ1) is 14.9. The monoisotopic (exact) mass is 400 g/mol. The van der Waals surface area contributed by atoms with Crippen molar-refractivity contribution >= 4 is 33.3 Å². The summed E-state index contributed by atoms with van der Waals surface area (Å²) in [4.78, 5) is 20.0. The lowest BCUT2D eigenvalue weighted by Gasteiger charge is -2.27. The fourth-order valence-corrected chi connectivity index (χ4v) is 4.50. The molecular weight excluding hydrogens is 376 g/mol.